The first kappa shape index (κ1) is 30.5. The fourth-order valence-electron chi connectivity index (χ4n) is 5.44. The van der Waals surface area contributed by atoms with Gasteiger partial charge in [0, 0.05) is 61.5 Å². The van der Waals surface area contributed by atoms with Gasteiger partial charge in [0.15, 0.2) is 0 Å². The molecule has 230 valence electrons. The zero-order valence-corrected chi connectivity index (χ0v) is 25.1. The lowest BCUT2D eigenvalue weighted by Crippen LogP contribution is -2.32. The maximum atomic E-state index is 12.9. The van der Waals surface area contributed by atoms with Gasteiger partial charge in [0.1, 0.15) is 22.7 Å². The highest BCUT2D eigenvalue weighted by atomic mass is 16.6. The Morgan fingerprint density at radius 2 is 1.84 bits per heavy atom. The molecule has 5 rings (SSSR count). The number of amides is 2. The van der Waals surface area contributed by atoms with Crippen LogP contribution in [0.3, 0.4) is 0 Å². The third kappa shape index (κ3) is 6.81. The molecule has 0 aliphatic carbocycles. The van der Waals surface area contributed by atoms with Crippen molar-refractivity contribution in [2.24, 2.45) is 7.05 Å². The minimum atomic E-state index is -0.518. The fraction of sp³-hybridized carbons (Fsp3) is 0.344. The lowest BCUT2D eigenvalue weighted by Gasteiger charge is -2.26. The maximum absolute atomic E-state index is 12.9. The Balaban J connectivity index is 1.44. The molecule has 3 N–H and O–H groups in total. The molecule has 2 aromatic heterocycles. The first-order valence-corrected chi connectivity index (χ1v) is 14.7. The number of aryl methyl sites for hydroxylation is 2. The Kier molecular flexibility index (Phi) is 9.09. The number of H-pyrrole nitrogens is 1. The van der Waals surface area contributed by atoms with Crippen molar-refractivity contribution in [2.75, 3.05) is 31.5 Å². The summed E-state index contributed by atoms with van der Waals surface area (Å²) in [6, 6.07) is 11.2. The van der Waals surface area contributed by atoms with E-state index in [0.29, 0.717) is 47.5 Å². The Morgan fingerprint density at radius 3 is 2.57 bits per heavy atom. The number of non-ortho nitro benzene ring substituents is 1. The molecule has 0 radical (unpaired) electrons. The molecule has 2 amide bonds. The highest BCUT2D eigenvalue weighted by Gasteiger charge is 2.20. The van der Waals surface area contributed by atoms with Crippen LogP contribution in [-0.2, 0) is 11.8 Å². The van der Waals surface area contributed by atoms with E-state index < -0.39 is 4.92 Å². The lowest BCUT2D eigenvalue weighted by molar-refractivity contribution is -0.384. The van der Waals surface area contributed by atoms with Crippen LogP contribution in [0.1, 0.15) is 48.7 Å². The van der Waals surface area contributed by atoms with Gasteiger partial charge < -0.3 is 29.8 Å². The van der Waals surface area contributed by atoms with Crippen LogP contribution in [0.25, 0.3) is 22.0 Å². The molecular weight excluding hydrogens is 564 g/mol. The molecule has 0 unspecified atom stereocenters. The summed E-state index contributed by atoms with van der Waals surface area (Å²) in [6.45, 7) is 6.83. The third-order valence-electron chi connectivity index (χ3n) is 7.78. The third-order valence-corrected chi connectivity index (χ3v) is 7.78. The van der Waals surface area contributed by atoms with Crippen molar-refractivity contribution < 1.29 is 19.2 Å². The number of carbonyl (C=O) groups excluding carboxylic acids is 2. The van der Waals surface area contributed by atoms with Crippen LogP contribution < -0.4 is 20.9 Å². The van der Waals surface area contributed by atoms with Crippen LogP contribution in [-0.4, -0.2) is 57.4 Å². The number of nitrogens with zero attached hydrogens (tertiary/aromatic N) is 3. The molecule has 0 atom stereocenters. The number of anilines is 1. The van der Waals surface area contributed by atoms with E-state index in [9.17, 15) is 24.5 Å². The highest BCUT2D eigenvalue weighted by Crippen LogP contribution is 2.36. The van der Waals surface area contributed by atoms with Crippen molar-refractivity contribution >= 4 is 34.1 Å². The Hall–Kier alpha value is -4.97. The lowest BCUT2D eigenvalue weighted by atomic mass is 10.0. The van der Waals surface area contributed by atoms with Gasteiger partial charge in [-0.25, -0.2) is 0 Å². The van der Waals surface area contributed by atoms with E-state index in [-0.39, 0.29) is 40.0 Å². The average Bonchev–Trinajstić information content (AvgIpc) is 3.46. The summed E-state index contributed by atoms with van der Waals surface area (Å²) in [5, 5.41) is 18.0. The van der Waals surface area contributed by atoms with Gasteiger partial charge in [-0.1, -0.05) is 12.5 Å². The number of nitro groups is 1. The number of pyridine rings is 1. The van der Waals surface area contributed by atoms with Crippen LogP contribution in [0.4, 0.5) is 11.4 Å². The smallest absolute Gasteiger partial charge is 0.274 e. The van der Waals surface area contributed by atoms with Crippen LogP contribution in [0.15, 0.2) is 53.5 Å². The molecule has 0 spiro atoms. The SMILES string of the molecule is CCNC(=O)c1cc2c(-c3cc(Oc4ccc(C)c(NC(=O)CCN5CCCCC5)c4)cc([N+](=O)[O-])c3)cn(C)c(=O)c2[nH]1. The van der Waals surface area contributed by atoms with Crippen LogP contribution in [0.2, 0.25) is 0 Å². The van der Waals surface area contributed by atoms with Crippen LogP contribution in [0, 0.1) is 17.0 Å². The molecule has 12 heteroatoms. The molecular formula is C32H36N6O6. The first-order valence-electron chi connectivity index (χ1n) is 14.7. The van der Waals surface area contributed by atoms with E-state index >= 15 is 0 Å². The van der Waals surface area contributed by atoms with Crippen molar-refractivity contribution in [1.29, 1.82) is 0 Å². The number of benzene rings is 2. The molecule has 4 aromatic rings. The van der Waals surface area contributed by atoms with Crippen molar-refractivity contribution in [2.45, 2.75) is 39.5 Å². The van der Waals surface area contributed by atoms with E-state index in [0.717, 1.165) is 31.5 Å². The molecule has 2 aromatic carbocycles. The van der Waals surface area contributed by atoms with Gasteiger partial charge >= 0.3 is 0 Å². The number of aromatic nitrogens is 2. The van der Waals surface area contributed by atoms with Crippen molar-refractivity contribution in [1.82, 2.24) is 19.8 Å². The predicted molar refractivity (Wildman–Crippen MR) is 168 cm³/mol. The number of nitrogens with one attached hydrogen (secondary N) is 3. The molecule has 1 fully saturated rings. The van der Waals surface area contributed by atoms with Gasteiger partial charge in [-0.15, -0.1) is 0 Å². The zero-order chi connectivity index (χ0) is 31.4. The number of likely N-dealkylation sites (tertiary alicyclic amines) is 1. The summed E-state index contributed by atoms with van der Waals surface area (Å²) < 4.78 is 7.46. The Labute approximate surface area is 254 Å². The van der Waals surface area contributed by atoms with E-state index in [1.165, 1.54) is 23.1 Å². The summed E-state index contributed by atoms with van der Waals surface area (Å²) in [7, 11) is 1.57. The second-order valence-electron chi connectivity index (χ2n) is 11.0. The molecule has 3 heterocycles. The van der Waals surface area contributed by atoms with Crippen LogP contribution >= 0.6 is 0 Å². The number of nitro benzene ring substituents is 1. The number of aromatic amines is 1. The van der Waals surface area contributed by atoms with E-state index in [4.69, 9.17) is 4.74 Å². The van der Waals surface area contributed by atoms with Crippen molar-refractivity contribution in [3.8, 4) is 22.6 Å². The van der Waals surface area contributed by atoms with Crippen LogP contribution in [0.5, 0.6) is 11.5 Å². The second-order valence-corrected chi connectivity index (χ2v) is 11.0. The predicted octanol–water partition coefficient (Wildman–Crippen LogP) is 5.11. The van der Waals surface area contributed by atoms with Gasteiger partial charge in [-0.3, -0.25) is 24.5 Å². The van der Waals surface area contributed by atoms with Gasteiger partial charge in [0.05, 0.1) is 11.0 Å². The molecule has 0 saturated carbocycles. The first-order chi connectivity index (χ1) is 21.1. The van der Waals surface area contributed by atoms with Gasteiger partial charge in [-0.05, 0) is 69.1 Å². The maximum Gasteiger partial charge on any atom is 0.274 e. The summed E-state index contributed by atoms with van der Waals surface area (Å²) in [5.41, 5.74) is 2.25. The molecule has 1 aliphatic heterocycles. The van der Waals surface area contributed by atoms with E-state index in [1.54, 1.807) is 44.4 Å². The summed E-state index contributed by atoms with van der Waals surface area (Å²) in [5.74, 6) is 0.125. The van der Waals surface area contributed by atoms with E-state index in [2.05, 4.69) is 20.5 Å². The summed E-state index contributed by atoms with van der Waals surface area (Å²) >= 11 is 0. The minimum absolute atomic E-state index is 0.0920. The Bertz CT molecular complexity index is 1790. The standard InChI is InChI=1S/C32H36N6O6/c1-4-33-31(40)28-18-25-26(19-36(3)32(41)30(25)35-28)21-14-22(38(42)43)16-24(15-21)44-23-9-8-20(2)27(17-23)34-29(39)10-13-37-11-6-5-7-12-37/h8-9,14-19,35H,4-7,10-13H2,1-3H3,(H,33,40)(H,34,39). The second kappa shape index (κ2) is 13.1. The number of piperidine rings is 1. The number of carbonyl (C=O) groups is 2. The van der Waals surface area contributed by atoms with E-state index in [1.807, 2.05) is 13.0 Å². The number of ether oxygens (including phenoxy) is 1. The average molecular weight is 601 g/mol. The molecule has 1 aliphatic rings. The van der Waals surface area contributed by atoms with Gasteiger partial charge in [0.2, 0.25) is 5.91 Å². The van der Waals surface area contributed by atoms with Gasteiger partial charge in [-0.2, -0.15) is 0 Å². The molecule has 0 bridgehead atoms. The number of hydrogen-bond donors (Lipinski definition) is 3. The quantitative estimate of drug-likeness (QED) is 0.169. The topological polar surface area (TPSA) is 152 Å². The Morgan fingerprint density at radius 1 is 1.07 bits per heavy atom. The summed E-state index contributed by atoms with van der Waals surface area (Å²) in [4.78, 5) is 54.7. The monoisotopic (exact) mass is 600 g/mol. The number of rotatable bonds is 10. The van der Waals surface area contributed by atoms with Crippen molar-refractivity contribution in [3.63, 3.8) is 0 Å². The zero-order valence-electron chi connectivity index (χ0n) is 25.1. The highest BCUT2D eigenvalue weighted by molar-refractivity contribution is 6.02. The number of hydrogen-bond acceptors (Lipinski definition) is 7. The molecule has 1 saturated heterocycles. The minimum Gasteiger partial charge on any atom is -0.457 e. The largest absolute Gasteiger partial charge is 0.457 e. The summed E-state index contributed by atoms with van der Waals surface area (Å²) in [6.07, 6.45) is 5.52. The van der Waals surface area contributed by atoms with Crippen molar-refractivity contribution in [3.05, 3.63) is 80.4 Å². The fourth-order valence-corrected chi connectivity index (χ4v) is 5.44. The normalized spacial score (nSPS) is 13.5. The molecule has 12 nitrogen and oxygen atoms in total. The molecule has 44 heavy (non-hydrogen) atoms. The van der Waals surface area contributed by atoms with Gasteiger partial charge in [0.25, 0.3) is 17.2 Å². The number of fused-ring (bicyclic) bond motifs is 1.